The van der Waals surface area contributed by atoms with Crippen LogP contribution in [0.2, 0.25) is 0 Å². The van der Waals surface area contributed by atoms with Crippen molar-refractivity contribution < 1.29 is 26.4 Å². The number of aromatic nitrogens is 1. The van der Waals surface area contributed by atoms with Gasteiger partial charge in [0.2, 0.25) is 0 Å². The number of carbonyl (C=O) groups is 1. The second-order valence-electron chi connectivity index (χ2n) is 7.49. The van der Waals surface area contributed by atoms with E-state index in [-0.39, 0.29) is 22.9 Å². The molecule has 0 saturated heterocycles. The number of carboxylic acids is 1. The summed E-state index contributed by atoms with van der Waals surface area (Å²) in [6.45, 7) is 3.09. The molecule has 156 valence electrons. The first-order valence-corrected chi connectivity index (χ1v) is 11.8. The molecule has 4 nitrogen and oxygen atoms in total. The Labute approximate surface area is 176 Å². The van der Waals surface area contributed by atoms with Crippen LogP contribution in [0.3, 0.4) is 0 Å². The van der Waals surface area contributed by atoms with Crippen LogP contribution in [-0.2, 0) is 21.3 Å². The van der Waals surface area contributed by atoms with E-state index in [1.807, 2.05) is 12.3 Å². The van der Waals surface area contributed by atoms with Crippen molar-refractivity contribution in [2.75, 3.05) is 11.7 Å². The normalized spacial score (nSPS) is 18.2. The number of hydrogen-bond donors (Lipinski definition) is 1. The van der Waals surface area contributed by atoms with E-state index in [9.17, 15) is 4.79 Å². The number of hydrogen-bond acceptors (Lipinski definition) is 3. The van der Waals surface area contributed by atoms with Gasteiger partial charge in [-0.05, 0) is 63.5 Å². The van der Waals surface area contributed by atoms with Gasteiger partial charge >= 0.3 is 0 Å². The van der Waals surface area contributed by atoms with Crippen LogP contribution in [0.25, 0.3) is 0 Å². The predicted molar refractivity (Wildman–Crippen MR) is 112 cm³/mol. The molecule has 2 aliphatic carbocycles. The van der Waals surface area contributed by atoms with Gasteiger partial charge in [0.25, 0.3) is 5.97 Å². The smallest absolute Gasteiger partial charge is 0.272 e. The Morgan fingerprint density at radius 2 is 1.59 bits per heavy atom. The van der Waals surface area contributed by atoms with Crippen LogP contribution in [-0.4, -0.2) is 34.4 Å². The minimum absolute atomic E-state index is 0. The van der Waals surface area contributed by atoms with Gasteiger partial charge in [0.1, 0.15) is 0 Å². The first kappa shape index (κ1) is 24.4. The molecular formula is C21H35N2NiO2P. The molecular weight excluding hydrogens is 402 g/mol. The number of pyridine rings is 1. The second kappa shape index (κ2) is 13.5. The molecule has 3 rings (SSSR count). The summed E-state index contributed by atoms with van der Waals surface area (Å²) in [6, 6.07) is 6.38. The zero-order valence-corrected chi connectivity index (χ0v) is 18.5. The molecule has 0 unspecified atom stereocenters. The van der Waals surface area contributed by atoms with Crippen LogP contribution < -0.4 is 4.67 Å². The van der Waals surface area contributed by atoms with Gasteiger partial charge in [0, 0.05) is 29.7 Å². The predicted octanol–water partition coefficient (Wildman–Crippen LogP) is 5.61. The van der Waals surface area contributed by atoms with Gasteiger partial charge in [-0.15, -0.1) is 0 Å². The third kappa shape index (κ3) is 8.08. The third-order valence-corrected chi connectivity index (χ3v) is 9.47. The number of rotatable bonds is 5. The van der Waals surface area contributed by atoms with Crippen molar-refractivity contribution >= 4 is 19.9 Å². The van der Waals surface area contributed by atoms with Gasteiger partial charge in [-0.2, -0.15) is 0 Å². The van der Waals surface area contributed by atoms with Crippen LogP contribution >= 0.6 is 8.07 Å². The Morgan fingerprint density at radius 1 is 1.11 bits per heavy atom. The Bertz CT molecular complexity index is 502. The molecule has 0 aliphatic heterocycles. The standard InChI is InChI=1S/C18H29N2P.C3H5O2.Ni/c1-20(18-14-8-9-15-19-18)21(16-10-4-2-5-11-16)17-12-6-3-7-13-17;1-2-3(4)5;/h8-9,14-17H,2-7,10-13H2,1H3;1-2H2,(H,4,5);/q;-1;/p+1. The number of anilines is 1. The maximum absolute atomic E-state index is 9.31. The number of carboxylic acid groups (broad SMARTS) is 1. The molecule has 2 saturated carbocycles. The first-order chi connectivity index (χ1) is 12.6. The summed E-state index contributed by atoms with van der Waals surface area (Å²) < 4.78 is 2.62. The van der Waals surface area contributed by atoms with Crippen molar-refractivity contribution in [1.82, 2.24) is 4.98 Å². The van der Waals surface area contributed by atoms with Crippen LogP contribution in [0.5, 0.6) is 0 Å². The molecule has 0 atom stereocenters. The Kier molecular flexibility index (Phi) is 12.2. The quantitative estimate of drug-likeness (QED) is 0.370. The molecule has 0 bridgehead atoms. The van der Waals surface area contributed by atoms with E-state index in [0.29, 0.717) is 0 Å². The van der Waals surface area contributed by atoms with Crippen LogP contribution in [0.1, 0.15) is 70.6 Å². The van der Waals surface area contributed by atoms with E-state index in [0.717, 1.165) is 11.3 Å². The second-order valence-corrected chi connectivity index (χ2v) is 10.6. The maximum Gasteiger partial charge on any atom is 0.272 e. The van der Waals surface area contributed by atoms with E-state index in [1.54, 1.807) is 0 Å². The van der Waals surface area contributed by atoms with E-state index in [2.05, 4.69) is 35.8 Å². The van der Waals surface area contributed by atoms with Crippen molar-refractivity contribution in [2.24, 2.45) is 0 Å². The fourth-order valence-corrected chi connectivity index (χ4v) is 8.52. The molecule has 2 fully saturated rings. The van der Waals surface area contributed by atoms with E-state index in [1.165, 1.54) is 70.0 Å². The molecule has 1 aromatic heterocycles. The molecule has 2 aliphatic rings. The molecule has 1 aromatic rings. The summed E-state index contributed by atoms with van der Waals surface area (Å²) >= 11 is 0. The SMILES string of the molecule is CN(c1ccccn1)[PH+](C1CCCCC1)C1CCCCC1.[CH2-]CC(=O)O.[Ni]. The van der Waals surface area contributed by atoms with Gasteiger partial charge in [0.05, 0.1) is 19.4 Å². The Balaban J connectivity index is 0.000000542. The molecule has 0 radical (unpaired) electrons. The average Bonchev–Trinajstić information content (AvgIpc) is 2.71. The van der Waals surface area contributed by atoms with Crippen LogP contribution in [0.4, 0.5) is 5.82 Å². The maximum atomic E-state index is 9.31. The van der Waals surface area contributed by atoms with Crippen molar-refractivity contribution in [3.63, 3.8) is 0 Å². The van der Waals surface area contributed by atoms with E-state index in [4.69, 9.17) is 5.11 Å². The summed E-state index contributed by atoms with van der Waals surface area (Å²) in [5.41, 5.74) is 1.97. The average molecular weight is 437 g/mol. The largest absolute Gasteiger partial charge is 0.483 e. The van der Waals surface area contributed by atoms with E-state index < -0.39 is 14.0 Å². The number of aliphatic carboxylic acids is 1. The van der Waals surface area contributed by atoms with Crippen molar-refractivity contribution in [2.45, 2.75) is 81.9 Å². The van der Waals surface area contributed by atoms with E-state index >= 15 is 0 Å². The Hall–Kier alpha value is -0.656. The van der Waals surface area contributed by atoms with Gasteiger partial charge < -0.3 is 12.0 Å². The van der Waals surface area contributed by atoms with Crippen LogP contribution in [0.15, 0.2) is 24.4 Å². The zero-order chi connectivity index (χ0) is 18.8. The molecule has 0 amide bonds. The summed E-state index contributed by atoms with van der Waals surface area (Å²) in [4.78, 5) is 13.9. The monoisotopic (exact) mass is 436 g/mol. The summed E-state index contributed by atoms with van der Waals surface area (Å²) in [6.07, 6.45) is 16.6. The summed E-state index contributed by atoms with van der Waals surface area (Å²) in [5.74, 6) is 0.354. The topological polar surface area (TPSA) is 53.4 Å². The molecule has 1 N–H and O–H groups in total. The van der Waals surface area contributed by atoms with Crippen molar-refractivity contribution in [3.05, 3.63) is 31.3 Å². The van der Waals surface area contributed by atoms with Crippen molar-refractivity contribution in [3.8, 4) is 0 Å². The summed E-state index contributed by atoms with van der Waals surface area (Å²) in [5, 5.41) is 7.66. The fourth-order valence-electron chi connectivity index (χ4n) is 4.36. The third-order valence-electron chi connectivity index (χ3n) is 5.64. The molecule has 1 heterocycles. The molecule has 0 spiro atoms. The van der Waals surface area contributed by atoms with Crippen LogP contribution in [0, 0.1) is 6.92 Å². The molecule has 0 aromatic carbocycles. The minimum Gasteiger partial charge on any atom is -0.483 e. The first-order valence-electron chi connectivity index (χ1n) is 10.2. The minimum atomic E-state index is -0.856. The fraction of sp³-hybridized carbons (Fsp3) is 0.667. The van der Waals surface area contributed by atoms with Gasteiger partial charge in [0.15, 0.2) is 5.82 Å². The van der Waals surface area contributed by atoms with Gasteiger partial charge in [-0.1, -0.05) is 25.3 Å². The molecule has 6 heteroatoms. The van der Waals surface area contributed by atoms with Crippen molar-refractivity contribution in [1.29, 1.82) is 0 Å². The Morgan fingerprint density at radius 3 is 1.96 bits per heavy atom. The number of nitrogens with zero attached hydrogens (tertiary/aromatic N) is 2. The van der Waals surface area contributed by atoms with Gasteiger partial charge in [-0.25, -0.2) is 9.65 Å². The molecule has 27 heavy (non-hydrogen) atoms. The summed E-state index contributed by atoms with van der Waals surface area (Å²) in [7, 11) is 1.83. The van der Waals surface area contributed by atoms with Gasteiger partial charge in [-0.3, -0.25) is 4.79 Å². The zero-order valence-electron chi connectivity index (χ0n) is 16.5.